The zero-order valence-electron chi connectivity index (χ0n) is 9.17. The van der Waals surface area contributed by atoms with E-state index in [0.29, 0.717) is 17.6 Å². The summed E-state index contributed by atoms with van der Waals surface area (Å²) in [6.07, 6.45) is 2.36. The Hall–Kier alpha value is -0.980. The molecule has 1 aliphatic rings. The van der Waals surface area contributed by atoms with Gasteiger partial charge in [-0.15, -0.1) is 0 Å². The van der Waals surface area contributed by atoms with Gasteiger partial charge in [0.1, 0.15) is 5.75 Å². The van der Waals surface area contributed by atoms with Crippen LogP contribution in [0.4, 0.5) is 0 Å². The SMILES string of the molecule is CC(C)c1cc(O)cc2c1C(C)CC2. The first-order valence-corrected chi connectivity index (χ1v) is 5.45. The van der Waals surface area contributed by atoms with Crippen LogP contribution >= 0.6 is 0 Å². The van der Waals surface area contributed by atoms with Gasteiger partial charge >= 0.3 is 0 Å². The molecule has 0 heterocycles. The maximum Gasteiger partial charge on any atom is 0.116 e. The fourth-order valence-electron chi connectivity index (χ4n) is 2.52. The first kappa shape index (κ1) is 9.57. The Morgan fingerprint density at radius 2 is 2.07 bits per heavy atom. The molecule has 1 aromatic rings. The summed E-state index contributed by atoms with van der Waals surface area (Å²) in [7, 11) is 0. The zero-order chi connectivity index (χ0) is 10.3. The Balaban J connectivity index is 2.59. The van der Waals surface area contributed by atoms with Gasteiger partial charge in [-0.25, -0.2) is 0 Å². The van der Waals surface area contributed by atoms with E-state index in [1.807, 2.05) is 12.1 Å². The summed E-state index contributed by atoms with van der Waals surface area (Å²) in [5, 5.41) is 9.61. The second kappa shape index (κ2) is 3.30. The third-order valence-electron chi connectivity index (χ3n) is 3.24. The minimum absolute atomic E-state index is 0.432. The second-order valence-electron chi connectivity index (χ2n) is 4.70. The van der Waals surface area contributed by atoms with Gasteiger partial charge < -0.3 is 5.11 Å². The van der Waals surface area contributed by atoms with Crippen molar-refractivity contribution in [2.45, 2.75) is 45.4 Å². The molecule has 1 aliphatic carbocycles. The molecule has 0 bridgehead atoms. The second-order valence-corrected chi connectivity index (χ2v) is 4.70. The summed E-state index contributed by atoms with van der Waals surface area (Å²) in [5.74, 6) is 1.61. The van der Waals surface area contributed by atoms with Crippen LogP contribution in [0, 0.1) is 0 Å². The number of aryl methyl sites for hydroxylation is 1. The molecule has 1 N–H and O–H groups in total. The Labute approximate surface area is 85.8 Å². The highest BCUT2D eigenvalue weighted by Gasteiger charge is 2.23. The lowest BCUT2D eigenvalue weighted by atomic mass is 9.90. The molecule has 0 saturated heterocycles. The lowest BCUT2D eigenvalue weighted by Crippen LogP contribution is -1.98. The lowest BCUT2D eigenvalue weighted by Gasteiger charge is -2.15. The smallest absolute Gasteiger partial charge is 0.116 e. The molecule has 0 aromatic heterocycles. The Kier molecular flexibility index (Phi) is 2.26. The number of phenols is 1. The van der Waals surface area contributed by atoms with E-state index in [1.165, 1.54) is 23.1 Å². The van der Waals surface area contributed by atoms with E-state index < -0.39 is 0 Å². The van der Waals surface area contributed by atoms with Gasteiger partial charge in [-0.3, -0.25) is 0 Å². The average molecular weight is 190 g/mol. The number of hydrogen-bond donors (Lipinski definition) is 1. The van der Waals surface area contributed by atoms with Crippen molar-refractivity contribution in [3.05, 3.63) is 28.8 Å². The maximum absolute atomic E-state index is 9.61. The van der Waals surface area contributed by atoms with Crippen LogP contribution in [0.5, 0.6) is 5.75 Å². The molecule has 1 atom stereocenters. The topological polar surface area (TPSA) is 20.2 Å². The van der Waals surface area contributed by atoms with Crippen LogP contribution in [-0.4, -0.2) is 5.11 Å². The van der Waals surface area contributed by atoms with Crippen molar-refractivity contribution in [2.75, 3.05) is 0 Å². The molecule has 0 amide bonds. The van der Waals surface area contributed by atoms with Gasteiger partial charge in [0.2, 0.25) is 0 Å². The molecular weight excluding hydrogens is 172 g/mol. The van der Waals surface area contributed by atoms with Gasteiger partial charge in [0.15, 0.2) is 0 Å². The third kappa shape index (κ3) is 1.41. The quantitative estimate of drug-likeness (QED) is 0.717. The van der Waals surface area contributed by atoms with E-state index in [9.17, 15) is 5.11 Å². The maximum atomic E-state index is 9.61. The highest BCUT2D eigenvalue weighted by molar-refractivity contribution is 5.47. The third-order valence-corrected chi connectivity index (χ3v) is 3.24. The summed E-state index contributed by atoms with van der Waals surface area (Å²) < 4.78 is 0. The van der Waals surface area contributed by atoms with Gasteiger partial charge in [0, 0.05) is 0 Å². The van der Waals surface area contributed by atoms with Crippen molar-refractivity contribution < 1.29 is 5.11 Å². The van der Waals surface area contributed by atoms with Crippen molar-refractivity contribution in [3.8, 4) is 5.75 Å². The lowest BCUT2D eigenvalue weighted by molar-refractivity contribution is 0.473. The molecule has 0 radical (unpaired) electrons. The van der Waals surface area contributed by atoms with E-state index in [4.69, 9.17) is 0 Å². The van der Waals surface area contributed by atoms with Crippen LogP contribution in [-0.2, 0) is 6.42 Å². The minimum Gasteiger partial charge on any atom is -0.508 e. The molecule has 0 saturated carbocycles. The molecule has 1 nitrogen and oxygen atoms in total. The van der Waals surface area contributed by atoms with Crippen LogP contribution in [0.25, 0.3) is 0 Å². The predicted molar refractivity (Wildman–Crippen MR) is 58.9 cm³/mol. The largest absolute Gasteiger partial charge is 0.508 e. The van der Waals surface area contributed by atoms with Gasteiger partial charge in [0.05, 0.1) is 0 Å². The van der Waals surface area contributed by atoms with E-state index in [1.54, 1.807) is 0 Å². The molecular formula is C13H18O. The van der Waals surface area contributed by atoms with Crippen molar-refractivity contribution in [1.29, 1.82) is 0 Å². The van der Waals surface area contributed by atoms with Gasteiger partial charge in [0.25, 0.3) is 0 Å². The molecule has 1 heteroatoms. The first-order valence-electron chi connectivity index (χ1n) is 5.45. The summed E-state index contributed by atoms with van der Waals surface area (Å²) in [6.45, 7) is 6.68. The normalized spacial score (nSPS) is 20.1. The molecule has 1 unspecified atom stereocenters. The van der Waals surface area contributed by atoms with E-state index in [0.717, 1.165) is 6.42 Å². The van der Waals surface area contributed by atoms with Crippen LogP contribution in [0.15, 0.2) is 12.1 Å². The van der Waals surface area contributed by atoms with Gasteiger partial charge in [-0.05, 0) is 53.5 Å². The van der Waals surface area contributed by atoms with E-state index in [-0.39, 0.29) is 0 Å². The Morgan fingerprint density at radius 1 is 1.36 bits per heavy atom. The first-order chi connectivity index (χ1) is 6.59. The number of aromatic hydroxyl groups is 1. The number of fused-ring (bicyclic) bond motifs is 1. The number of phenolic OH excluding ortho intramolecular Hbond substituents is 1. The summed E-state index contributed by atoms with van der Waals surface area (Å²) >= 11 is 0. The molecule has 2 rings (SSSR count). The monoisotopic (exact) mass is 190 g/mol. The fourth-order valence-corrected chi connectivity index (χ4v) is 2.52. The molecule has 0 spiro atoms. The standard InChI is InChI=1S/C13H18O/c1-8(2)12-7-11(14)6-10-5-4-9(3)13(10)12/h6-9,14H,4-5H2,1-3H3. The van der Waals surface area contributed by atoms with Crippen molar-refractivity contribution in [2.24, 2.45) is 0 Å². The summed E-state index contributed by atoms with van der Waals surface area (Å²) in [6, 6.07) is 3.87. The number of rotatable bonds is 1. The van der Waals surface area contributed by atoms with Crippen molar-refractivity contribution in [1.82, 2.24) is 0 Å². The molecule has 0 fully saturated rings. The number of hydrogen-bond acceptors (Lipinski definition) is 1. The number of benzene rings is 1. The summed E-state index contributed by atoms with van der Waals surface area (Å²) in [5.41, 5.74) is 4.20. The van der Waals surface area contributed by atoms with Crippen molar-refractivity contribution >= 4 is 0 Å². The highest BCUT2D eigenvalue weighted by atomic mass is 16.3. The molecule has 76 valence electrons. The highest BCUT2D eigenvalue weighted by Crippen LogP contribution is 2.40. The van der Waals surface area contributed by atoms with Crippen molar-refractivity contribution in [3.63, 3.8) is 0 Å². The average Bonchev–Trinajstić information content (AvgIpc) is 2.46. The minimum atomic E-state index is 0.432. The van der Waals surface area contributed by atoms with Crippen LogP contribution in [0.3, 0.4) is 0 Å². The van der Waals surface area contributed by atoms with Crippen LogP contribution < -0.4 is 0 Å². The zero-order valence-corrected chi connectivity index (χ0v) is 9.17. The molecule has 14 heavy (non-hydrogen) atoms. The molecule has 0 aliphatic heterocycles. The van der Waals surface area contributed by atoms with E-state index >= 15 is 0 Å². The predicted octanol–water partition coefficient (Wildman–Crippen LogP) is 3.57. The molecule has 1 aromatic carbocycles. The van der Waals surface area contributed by atoms with Gasteiger partial charge in [-0.2, -0.15) is 0 Å². The Bertz CT molecular complexity index is 352. The Morgan fingerprint density at radius 3 is 2.71 bits per heavy atom. The van der Waals surface area contributed by atoms with Crippen LogP contribution in [0.2, 0.25) is 0 Å². The fraction of sp³-hybridized carbons (Fsp3) is 0.538. The van der Waals surface area contributed by atoms with E-state index in [2.05, 4.69) is 20.8 Å². The van der Waals surface area contributed by atoms with Crippen LogP contribution in [0.1, 0.15) is 55.7 Å². The van der Waals surface area contributed by atoms with Gasteiger partial charge in [-0.1, -0.05) is 20.8 Å². The summed E-state index contributed by atoms with van der Waals surface area (Å²) in [4.78, 5) is 0.